The standard InChI is InChI=1S/C10H14ClN/c1-4-9(11)10-6-7(2)5-8(3)12-10/h5-6,9H,4H2,1-3H3. The van der Waals surface area contributed by atoms with Crippen LogP contribution in [0.1, 0.15) is 35.7 Å². The maximum absolute atomic E-state index is 6.07. The number of alkyl halides is 1. The fraction of sp³-hybridized carbons (Fsp3) is 0.500. The molecule has 1 heterocycles. The van der Waals surface area contributed by atoms with Gasteiger partial charge < -0.3 is 0 Å². The van der Waals surface area contributed by atoms with Crippen LogP contribution in [0.15, 0.2) is 12.1 Å². The SMILES string of the molecule is CCC(Cl)c1cc(C)cc(C)n1. The van der Waals surface area contributed by atoms with E-state index in [2.05, 4.69) is 24.9 Å². The van der Waals surface area contributed by atoms with Crippen LogP contribution >= 0.6 is 11.6 Å². The highest BCUT2D eigenvalue weighted by Gasteiger charge is 2.06. The van der Waals surface area contributed by atoms with E-state index in [0.717, 1.165) is 17.8 Å². The molecule has 0 amide bonds. The van der Waals surface area contributed by atoms with Gasteiger partial charge in [0.2, 0.25) is 0 Å². The van der Waals surface area contributed by atoms with Crippen molar-refractivity contribution in [3.05, 3.63) is 29.1 Å². The van der Waals surface area contributed by atoms with Gasteiger partial charge in [-0.25, -0.2) is 0 Å². The van der Waals surface area contributed by atoms with E-state index in [4.69, 9.17) is 11.6 Å². The van der Waals surface area contributed by atoms with Gasteiger partial charge in [-0.05, 0) is 38.0 Å². The number of hydrogen-bond acceptors (Lipinski definition) is 1. The lowest BCUT2D eigenvalue weighted by Gasteiger charge is -2.07. The van der Waals surface area contributed by atoms with Gasteiger partial charge in [0.05, 0.1) is 11.1 Å². The maximum atomic E-state index is 6.07. The molecule has 2 heteroatoms. The van der Waals surface area contributed by atoms with E-state index < -0.39 is 0 Å². The smallest absolute Gasteiger partial charge is 0.0755 e. The first-order valence-electron chi connectivity index (χ1n) is 4.22. The second-order valence-corrected chi connectivity index (χ2v) is 3.61. The zero-order chi connectivity index (χ0) is 9.14. The summed E-state index contributed by atoms with van der Waals surface area (Å²) in [4.78, 5) is 4.37. The van der Waals surface area contributed by atoms with Crippen LogP contribution < -0.4 is 0 Å². The van der Waals surface area contributed by atoms with Crippen LogP contribution in [-0.4, -0.2) is 4.98 Å². The largest absolute Gasteiger partial charge is 0.257 e. The fourth-order valence-corrected chi connectivity index (χ4v) is 1.35. The Balaban J connectivity index is 3.00. The van der Waals surface area contributed by atoms with Crippen molar-refractivity contribution < 1.29 is 0 Å². The molecule has 0 aliphatic rings. The average Bonchev–Trinajstić information content (AvgIpc) is 2.01. The summed E-state index contributed by atoms with van der Waals surface area (Å²) in [6.07, 6.45) is 0.928. The minimum atomic E-state index is 0.0589. The van der Waals surface area contributed by atoms with Gasteiger partial charge in [0, 0.05) is 5.69 Å². The summed E-state index contributed by atoms with van der Waals surface area (Å²) in [5.74, 6) is 0. The average molecular weight is 184 g/mol. The van der Waals surface area contributed by atoms with Crippen molar-refractivity contribution in [2.75, 3.05) is 0 Å². The van der Waals surface area contributed by atoms with Crippen LogP contribution in [0.3, 0.4) is 0 Å². The number of aromatic nitrogens is 1. The summed E-state index contributed by atoms with van der Waals surface area (Å²) in [6, 6.07) is 4.11. The van der Waals surface area contributed by atoms with Crippen LogP contribution in [0.4, 0.5) is 0 Å². The molecular formula is C10H14ClN. The summed E-state index contributed by atoms with van der Waals surface area (Å²) in [5.41, 5.74) is 3.28. The molecule has 12 heavy (non-hydrogen) atoms. The Morgan fingerprint density at radius 3 is 2.58 bits per heavy atom. The summed E-state index contributed by atoms with van der Waals surface area (Å²) in [7, 11) is 0. The van der Waals surface area contributed by atoms with E-state index in [1.54, 1.807) is 0 Å². The van der Waals surface area contributed by atoms with Crippen molar-refractivity contribution in [3.8, 4) is 0 Å². The molecular weight excluding hydrogens is 170 g/mol. The molecule has 1 unspecified atom stereocenters. The molecule has 66 valence electrons. The van der Waals surface area contributed by atoms with Gasteiger partial charge in [-0.2, -0.15) is 0 Å². The first-order chi connectivity index (χ1) is 5.63. The van der Waals surface area contributed by atoms with Crippen molar-refractivity contribution in [1.29, 1.82) is 0 Å². The molecule has 0 aliphatic heterocycles. The third kappa shape index (κ3) is 2.21. The monoisotopic (exact) mass is 183 g/mol. The second-order valence-electron chi connectivity index (χ2n) is 3.09. The van der Waals surface area contributed by atoms with Gasteiger partial charge in [-0.15, -0.1) is 11.6 Å². The zero-order valence-electron chi connectivity index (χ0n) is 7.76. The molecule has 0 saturated heterocycles. The third-order valence-corrected chi connectivity index (χ3v) is 2.33. The van der Waals surface area contributed by atoms with E-state index in [9.17, 15) is 0 Å². The highest BCUT2D eigenvalue weighted by atomic mass is 35.5. The highest BCUT2D eigenvalue weighted by molar-refractivity contribution is 6.20. The van der Waals surface area contributed by atoms with Gasteiger partial charge in [-0.1, -0.05) is 6.92 Å². The Morgan fingerprint density at radius 2 is 2.08 bits per heavy atom. The van der Waals surface area contributed by atoms with Gasteiger partial charge in [0.15, 0.2) is 0 Å². The van der Waals surface area contributed by atoms with E-state index in [0.29, 0.717) is 0 Å². The maximum Gasteiger partial charge on any atom is 0.0755 e. The minimum absolute atomic E-state index is 0.0589. The number of pyridine rings is 1. The predicted molar refractivity (Wildman–Crippen MR) is 52.6 cm³/mol. The van der Waals surface area contributed by atoms with Crippen LogP contribution in [0.2, 0.25) is 0 Å². The molecule has 0 aliphatic carbocycles. The topological polar surface area (TPSA) is 12.9 Å². The van der Waals surface area contributed by atoms with Crippen molar-refractivity contribution in [1.82, 2.24) is 4.98 Å². The van der Waals surface area contributed by atoms with Crippen LogP contribution in [-0.2, 0) is 0 Å². The molecule has 0 aromatic carbocycles. The normalized spacial score (nSPS) is 13.0. The lowest BCUT2D eigenvalue weighted by molar-refractivity contribution is 0.838. The number of halogens is 1. The molecule has 1 nitrogen and oxygen atoms in total. The second kappa shape index (κ2) is 3.90. The third-order valence-electron chi connectivity index (χ3n) is 1.80. The highest BCUT2D eigenvalue weighted by Crippen LogP contribution is 2.22. The van der Waals surface area contributed by atoms with Gasteiger partial charge in [-0.3, -0.25) is 4.98 Å². The van der Waals surface area contributed by atoms with Crippen LogP contribution in [0.25, 0.3) is 0 Å². The zero-order valence-corrected chi connectivity index (χ0v) is 8.52. The molecule has 0 N–H and O–H groups in total. The molecule has 0 spiro atoms. The molecule has 1 atom stereocenters. The lowest BCUT2D eigenvalue weighted by atomic mass is 10.1. The van der Waals surface area contributed by atoms with Gasteiger partial charge in [0.1, 0.15) is 0 Å². The number of nitrogens with zero attached hydrogens (tertiary/aromatic N) is 1. The van der Waals surface area contributed by atoms with Crippen molar-refractivity contribution in [2.24, 2.45) is 0 Å². The first kappa shape index (κ1) is 9.53. The van der Waals surface area contributed by atoms with E-state index in [-0.39, 0.29) is 5.38 Å². The summed E-state index contributed by atoms with van der Waals surface area (Å²) < 4.78 is 0. The lowest BCUT2D eigenvalue weighted by Crippen LogP contribution is -1.95. The van der Waals surface area contributed by atoms with Gasteiger partial charge in [0.25, 0.3) is 0 Å². The Kier molecular flexibility index (Phi) is 3.10. The van der Waals surface area contributed by atoms with E-state index in [1.165, 1.54) is 5.56 Å². The molecule has 0 bridgehead atoms. The molecule has 1 aromatic heterocycles. The summed E-state index contributed by atoms with van der Waals surface area (Å²) in [5, 5.41) is 0.0589. The Hall–Kier alpha value is -0.560. The quantitative estimate of drug-likeness (QED) is 0.641. The van der Waals surface area contributed by atoms with Crippen molar-refractivity contribution in [2.45, 2.75) is 32.6 Å². The molecule has 1 rings (SSSR count). The number of hydrogen-bond donors (Lipinski definition) is 0. The van der Waals surface area contributed by atoms with Crippen molar-refractivity contribution >= 4 is 11.6 Å². The number of rotatable bonds is 2. The van der Waals surface area contributed by atoms with Crippen LogP contribution in [0, 0.1) is 13.8 Å². The number of aryl methyl sites for hydroxylation is 2. The van der Waals surface area contributed by atoms with E-state index >= 15 is 0 Å². The Labute approximate surface area is 78.8 Å². The minimum Gasteiger partial charge on any atom is -0.257 e. The molecule has 0 radical (unpaired) electrons. The Morgan fingerprint density at radius 1 is 1.42 bits per heavy atom. The van der Waals surface area contributed by atoms with Crippen molar-refractivity contribution in [3.63, 3.8) is 0 Å². The molecule has 0 fully saturated rings. The first-order valence-corrected chi connectivity index (χ1v) is 4.66. The Bertz CT molecular complexity index is 250. The summed E-state index contributed by atoms with van der Waals surface area (Å²) in [6.45, 7) is 6.13. The van der Waals surface area contributed by atoms with Gasteiger partial charge >= 0.3 is 0 Å². The summed E-state index contributed by atoms with van der Waals surface area (Å²) >= 11 is 6.07. The van der Waals surface area contributed by atoms with E-state index in [1.807, 2.05) is 13.0 Å². The molecule has 0 saturated carbocycles. The molecule has 1 aromatic rings. The van der Waals surface area contributed by atoms with Crippen LogP contribution in [0.5, 0.6) is 0 Å². The fourth-order valence-electron chi connectivity index (χ4n) is 1.24. The predicted octanol–water partition coefficient (Wildman–Crippen LogP) is 3.39.